The number of rotatable bonds is 9. The highest BCUT2D eigenvalue weighted by atomic mass is 35.5. The van der Waals surface area contributed by atoms with Crippen LogP contribution in [0.5, 0.6) is 17.2 Å². The number of ether oxygens (including phenoxy) is 6. The topological polar surface area (TPSA) is 133 Å². The minimum Gasteiger partial charge on any atom is -0.497 e. The van der Waals surface area contributed by atoms with Crippen LogP contribution in [0.2, 0.25) is 5.02 Å². The summed E-state index contributed by atoms with van der Waals surface area (Å²) in [6.45, 7) is -0.363. The Morgan fingerprint density at radius 1 is 1.06 bits per heavy atom. The molecule has 0 bridgehead atoms. The fourth-order valence-corrected chi connectivity index (χ4v) is 3.68. The molecule has 1 fully saturated rings. The Labute approximate surface area is 201 Å². The minimum atomic E-state index is -1.55. The normalized spacial score (nSPS) is 24.4. The van der Waals surface area contributed by atoms with Crippen LogP contribution in [0.4, 0.5) is 0 Å². The molecule has 1 aliphatic rings. The van der Waals surface area contributed by atoms with Crippen molar-refractivity contribution in [3.63, 3.8) is 0 Å². The van der Waals surface area contributed by atoms with Gasteiger partial charge in [0, 0.05) is 7.11 Å². The van der Waals surface area contributed by atoms with Crippen LogP contribution < -0.4 is 14.2 Å². The monoisotopic (exact) mass is 498 g/mol. The molecule has 1 saturated heterocycles. The van der Waals surface area contributed by atoms with Gasteiger partial charge in [-0.3, -0.25) is 0 Å². The lowest BCUT2D eigenvalue weighted by Gasteiger charge is -2.40. The molecule has 11 heteroatoms. The molecule has 0 amide bonds. The molecule has 3 N–H and O–H groups in total. The summed E-state index contributed by atoms with van der Waals surface area (Å²) in [5.74, 6) is 0.266. The van der Waals surface area contributed by atoms with Gasteiger partial charge >= 0.3 is 5.97 Å². The Kier molecular flexibility index (Phi) is 8.95. The number of halogens is 1. The van der Waals surface area contributed by atoms with Crippen molar-refractivity contribution in [2.24, 2.45) is 0 Å². The summed E-state index contributed by atoms with van der Waals surface area (Å²) >= 11 is 6.36. The Balaban J connectivity index is 1.75. The van der Waals surface area contributed by atoms with Crippen LogP contribution in [-0.4, -0.2) is 79.9 Å². The zero-order chi connectivity index (χ0) is 24.8. The summed E-state index contributed by atoms with van der Waals surface area (Å²) in [5.41, 5.74) is 0.874. The van der Waals surface area contributed by atoms with Crippen LogP contribution in [0.1, 0.15) is 15.9 Å². The summed E-state index contributed by atoms with van der Waals surface area (Å²) in [5, 5.41) is 29.9. The van der Waals surface area contributed by atoms with Gasteiger partial charge in [0.2, 0.25) is 0 Å². The lowest BCUT2D eigenvalue weighted by Crippen LogP contribution is -2.60. The zero-order valence-corrected chi connectivity index (χ0v) is 19.6. The van der Waals surface area contributed by atoms with Gasteiger partial charge < -0.3 is 43.7 Å². The lowest BCUT2D eigenvalue weighted by molar-refractivity contribution is -0.293. The molecule has 5 atom stereocenters. The van der Waals surface area contributed by atoms with Crippen molar-refractivity contribution in [3.8, 4) is 17.2 Å². The van der Waals surface area contributed by atoms with E-state index in [9.17, 15) is 20.1 Å². The number of benzene rings is 2. The van der Waals surface area contributed by atoms with Gasteiger partial charge in [0.25, 0.3) is 0 Å². The van der Waals surface area contributed by atoms with E-state index in [0.717, 1.165) is 5.56 Å². The fraction of sp³-hybridized carbons (Fsp3) is 0.435. The highest BCUT2D eigenvalue weighted by Gasteiger charge is 2.47. The predicted molar refractivity (Wildman–Crippen MR) is 119 cm³/mol. The van der Waals surface area contributed by atoms with Gasteiger partial charge in [0.1, 0.15) is 30.7 Å². The maximum absolute atomic E-state index is 12.8. The first kappa shape index (κ1) is 26.0. The third-order valence-electron chi connectivity index (χ3n) is 5.31. The van der Waals surface area contributed by atoms with Crippen LogP contribution in [0.25, 0.3) is 0 Å². The van der Waals surface area contributed by atoms with Crippen molar-refractivity contribution in [2.45, 2.75) is 37.3 Å². The second-order valence-corrected chi connectivity index (χ2v) is 7.85. The Morgan fingerprint density at radius 3 is 2.35 bits per heavy atom. The van der Waals surface area contributed by atoms with Gasteiger partial charge in [-0.2, -0.15) is 0 Å². The van der Waals surface area contributed by atoms with Crippen molar-refractivity contribution < 1.29 is 48.5 Å². The van der Waals surface area contributed by atoms with Gasteiger partial charge in [-0.15, -0.1) is 0 Å². The fourth-order valence-electron chi connectivity index (χ4n) is 3.42. The molecule has 34 heavy (non-hydrogen) atoms. The number of aliphatic hydroxyl groups is 3. The molecule has 186 valence electrons. The minimum absolute atomic E-state index is 0.0134. The number of methoxy groups -OCH3 is 3. The quantitative estimate of drug-likeness (QED) is 0.437. The SMILES string of the molecule is COc1ccc(COc2c(Cl)cc(C(=O)O[C@H]3[C@@H](OC)O[C@H](CO)[C@@H](O)[C@@H]3O)cc2OC)cc1. The summed E-state index contributed by atoms with van der Waals surface area (Å²) in [6.07, 6.45) is -6.69. The summed E-state index contributed by atoms with van der Waals surface area (Å²) in [4.78, 5) is 12.8. The van der Waals surface area contributed by atoms with E-state index in [-0.39, 0.29) is 28.7 Å². The maximum atomic E-state index is 12.8. The average molecular weight is 499 g/mol. The summed E-state index contributed by atoms with van der Waals surface area (Å²) < 4.78 is 32.1. The van der Waals surface area contributed by atoms with E-state index in [0.29, 0.717) is 5.75 Å². The van der Waals surface area contributed by atoms with Crippen molar-refractivity contribution in [1.82, 2.24) is 0 Å². The lowest BCUT2D eigenvalue weighted by atomic mass is 9.99. The first-order chi connectivity index (χ1) is 16.3. The molecule has 2 aromatic carbocycles. The molecule has 0 radical (unpaired) electrons. The molecule has 1 heterocycles. The number of hydrogen-bond acceptors (Lipinski definition) is 10. The number of carbonyl (C=O) groups is 1. The predicted octanol–water partition coefficient (Wildman–Crippen LogP) is 1.55. The first-order valence-electron chi connectivity index (χ1n) is 10.3. The number of carbonyl (C=O) groups excluding carboxylic acids is 1. The van der Waals surface area contributed by atoms with E-state index in [1.54, 1.807) is 19.2 Å². The van der Waals surface area contributed by atoms with E-state index in [4.69, 9.17) is 40.0 Å². The Hall–Kier alpha value is -2.60. The zero-order valence-electron chi connectivity index (χ0n) is 18.8. The third kappa shape index (κ3) is 5.72. The Morgan fingerprint density at radius 2 is 1.76 bits per heavy atom. The molecule has 0 aliphatic carbocycles. The summed E-state index contributed by atoms with van der Waals surface area (Å²) in [6, 6.07) is 9.98. The van der Waals surface area contributed by atoms with Gasteiger partial charge in [-0.25, -0.2) is 4.79 Å². The van der Waals surface area contributed by atoms with Crippen molar-refractivity contribution in [3.05, 3.63) is 52.5 Å². The van der Waals surface area contributed by atoms with Crippen molar-refractivity contribution in [2.75, 3.05) is 27.9 Å². The number of esters is 1. The molecule has 2 aromatic rings. The van der Waals surface area contributed by atoms with Crippen molar-refractivity contribution >= 4 is 17.6 Å². The Bertz CT molecular complexity index is 965. The third-order valence-corrected chi connectivity index (χ3v) is 5.59. The molecule has 0 spiro atoms. The van der Waals surface area contributed by atoms with Crippen LogP contribution in [-0.2, 0) is 20.8 Å². The standard InChI is InChI=1S/C23H27ClO10/c1-29-14-6-4-12(5-7-14)11-32-20-15(24)8-13(9-16(20)30-2)22(28)34-21-19(27)18(26)17(10-25)33-23(21)31-3/h4-9,17-19,21,23,25-27H,10-11H2,1-3H3/t17-,18-,19+,21-,23+/m1/s1. The molecular weight excluding hydrogens is 472 g/mol. The van der Waals surface area contributed by atoms with Crippen LogP contribution in [0.15, 0.2) is 36.4 Å². The second-order valence-electron chi connectivity index (χ2n) is 7.44. The van der Waals surface area contributed by atoms with Crippen molar-refractivity contribution in [1.29, 1.82) is 0 Å². The largest absolute Gasteiger partial charge is 0.497 e. The van der Waals surface area contributed by atoms with E-state index in [1.165, 1.54) is 26.4 Å². The van der Waals surface area contributed by atoms with E-state index >= 15 is 0 Å². The smallest absolute Gasteiger partial charge is 0.338 e. The molecule has 3 rings (SSSR count). The van der Waals surface area contributed by atoms with E-state index in [1.807, 2.05) is 12.1 Å². The molecule has 1 aliphatic heterocycles. The van der Waals surface area contributed by atoms with Crippen LogP contribution in [0.3, 0.4) is 0 Å². The average Bonchev–Trinajstić information content (AvgIpc) is 2.86. The van der Waals surface area contributed by atoms with Gasteiger partial charge in [-0.05, 0) is 29.8 Å². The maximum Gasteiger partial charge on any atom is 0.338 e. The van der Waals surface area contributed by atoms with Gasteiger partial charge in [0.05, 0.1) is 31.4 Å². The molecule has 0 unspecified atom stereocenters. The highest BCUT2D eigenvalue weighted by Crippen LogP contribution is 2.37. The molecule has 10 nitrogen and oxygen atoms in total. The van der Waals surface area contributed by atoms with Crippen LogP contribution >= 0.6 is 11.6 Å². The molecule has 0 saturated carbocycles. The van der Waals surface area contributed by atoms with Crippen LogP contribution in [0, 0.1) is 0 Å². The molecular formula is C23H27ClO10. The molecule has 0 aromatic heterocycles. The van der Waals surface area contributed by atoms with Gasteiger partial charge in [0.15, 0.2) is 23.9 Å². The number of hydrogen-bond donors (Lipinski definition) is 3. The van der Waals surface area contributed by atoms with E-state index < -0.39 is 43.3 Å². The number of aliphatic hydroxyl groups excluding tert-OH is 3. The van der Waals surface area contributed by atoms with Gasteiger partial charge in [-0.1, -0.05) is 23.7 Å². The summed E-state index contributed by atoms with van der Waals surface area (Å²) in [7, 11) is 4.25. The first-order valence-corrected chi connectivity index (χ1v) is 10.7. The highest BCUT2D eigenvalue weighted by molar-refractivity contribution is 6.32. The van der Waals surface area contributed by atoms with E-state index in [2.05, 4.69) is 0 Å². The second kappa shape index (κ2) is 11.7.